The first kappa shape index (κ1) is 79.8. The summed E-state index contributed by atoms with van der Waals surface area (Å²) in [5, 5.41) is 0. The van der Waals surface area contributed by atoms with E-state index >= 15 is 19.2 Å². The van der Waals surface area contributed by atoms with Gasteiger partial charge in [0, 0.05) is 12.2 Å². The fourth-order valence-corrected chi connectivity index (χ4v) is 11.0. The van der Waals surface area contributed by atoms with Crippen molar-refractivity contribution in [2.75, 3.05) is 52.9 Å². The van der Waals surface area contributed by atoms with Gasteiger partial charge in [0.25, 0.3) is 0 Å². The van der Waals surface area contributed by atoms with Crippen LogP contribution in [0, 0.1) is 0 Å². The molecular weight excluding hydrogens is 1260 g/mol. The summed E-state index contributed by atoms with van der Waals surface area (Å²) in [5.74, 6) is -2.80. The second-order valence-corrected chi connectivity index (χ2v) is 24.8. The summed E-state index contributed by atoms with van der Waals surface area (Å²) in [6.07, 6.45) is 18.6. The van der Waals surface area contributed by atoms with Crippen LogP contribution in [0.15, 0.2) is 159 Å². The highest BCUT2D eigenvalue weighted by atomic mass is 16.6. The van der Waals surface area contributed by atoms with Crippen LogP contribution in [0.2, 0.25) is 0 Å². The molecule has 0 heterocycles. The molecule has 2 atom stereocenters. The Morgan fingerprint density at radius 2 is 0.550 bits per heavy atom. The van der Waals surface area contributed by atoms with Crippen molar-refractivity contribution in [2.45, 2.75) is 194 Å². The molecule has 538 valence electrons. The van der Waals surface area contributed by atoms with E-state index in [0.29, 0.717) is 134 Å². The van der Waals surface area contributed by atoms with Crippen LogP contribution in [0.25, 0.3) is 44.5 Å². The van der Waals surface area contributed by atoms with Gasteiger partial charge in [0.2, 0.25) is 12.2 Å². The van der Waals surface area contributed by atoms with Crippen molar-refractivity contribution in [1.82, 2.24) is 0 Å². The third-order valence-electron chi connectivity index (χ3n) is 16.8. The summed E-state index contributed by atoms with van der Waals surface area (Å²) >= 11 is 0. The quantitative estimate of drug-likeness (QED) is 0.0151. The van der Waals surface area contributed by atoms with E-state index in [2.05, 4.69) is 40.9 Å². The number of hydrogen-bond acceptors (Lipinski definition) is 16. The molecule has 0 bridgehead atoms. The molecule has 6 rings (SSSR count). The molecule has 0 aliphatic carbocycles. The van der Waals surface area contributed by atoms with Gasteiger partial charge in [0.15, 0.2) is 0 Å². The van der Waals surface area contributed by atoms with Gasteiger partial charge in [0.05, 0.1) is 64.0 Å². The number of ether oxygens (including phenoxy) is 10. The first-order valence-corrected chi connectivity index (χ1v) is 36.4. The van der Waals surface area contributed by atoms with Crippen molar-refractivity contribution >= 4 is 35.8 Å². The van der Waals surface area contributed by atoms with Crippen LogP contribution < -0.4 is 18.9 Å². The molecule has 0 N–H and O–H groups in total. The van der Waals surface area contributed by atoms with E-state index in [-0.39, 0.29) is 37.6 Å². The highest BCUT2D eigenvalue weighted by Crippen LogP contribution is 2.35. The van der Waals surface area contributed by atoms with Gasteiger partial charge < -0.3 is 47.4 Å². The monoisotopic (exact) mass is 1370 g/mol. The van der Waals surface area contributed by atoms with Crippen molar-refractivity contribution in [1.29, 1.82) is 0 Å². The zero-order valence-electron chi connectivity index (χ0n) is 59.6. The van der Waals surface area contributed by atoms with Gasteiger partial charge in [-0.1, -0.05) is 191 Å². The van der Waals surface area contributed by atoms with Gasteiger partial charge in [0.1, 0.15) is 23.0 Å². The molecule has 6 aromatic carbocycles. The number of hydrogen-bond donors (Lipinski definition) is 0. The summed E-state index contributed by atoms with van der Waals surface area (Å²) in [5.41, 5.74) is 4.88. The van der Waals surface area contributed by atoms with Crippen molar-refractivity contribution in [3.05, 3.63) is 170 Å². The van der Waals surface area contributed by atoms with Gasteiger partial charge in [-0.25, -0.2) is 28.8 Å². The van der Waals surface area contributed by atoms with Crippen LogP contribution in [0.3, 0.4) is 0 Å². The van der Waals surface area contributed by atoms with Crippen LogP contribution in [0.4, 0.5) is 0 Å². The Bertz CT molecular complexity index is 3180. The molecule has 16 heteroatoms. The van der Waals surface area contributed by atoms with Crippen LogP contribution in [0.1, 0.15) is 203 Å². The largest absolute Gasteiger partial charge is 0.494 e. The van der Waals surface area contributed by atoms with Crippen LogP contribution >= 0.6 is 0 Å². The summed E-state index contributed by atoms with van der Waals surface area (Å²) in [6, 6.07) is 40.4. The standard InChI is InChI=1S/C84H106O16/c1-7-13-17-25-53-91-69-43-33-63(34-44-69)67-41-51-73(65-37-47-71(48-38-65)93-55-27-19-15-9-3)75(61-67)81(87)99-79(83(89)97-59-31-23-21-29-57-95-77(85)11-5)80(84(90)98-60-32-24-22-30-58-96-78(86)12-6)100-82(88)76-62-68(64-35-45-70(46-36-64)92-54-26-18-14-8-2)42-52-74(76)66-39-49-72(50-40-66)94-56-28-20-16-10-4/h11-12,33-52,61-62,79-80H,5-10,13-32,53-60H2,1-4H3. The molecular formula is C84H106O16. The number of benzene rings is 6. The Hall–Kier alpha value is -9.18. The molecule has 0 spiro atoms. The zero-order valence-corrected chi connectivity index (χ0v) is 59.6. The fourth-order valence-electron chi connectivity index (χ4n) is 11.0. The highest BCUT2D eigenvalue weighted by Gasteiger charge is 2.44. The predicted octanol–water partition coefficient (Wildman–Crippen LogP) is 19.6. The van der Waals surface area contributed by atoms with Gasteiger partial charge in [-0.15, -0.1) is 0 Å². The fraction of sp³-hybridized carbons (Fsp3) is 0.452. The van der Waals surface area contributed by atoms with E-state index < -0.39 is 48.0 Å². The Labute approximate surface area is 593 Å². The van der Waals surface area contributed by atoms with E-state index in [9.17, 15) is 9.59 Å². The second-order valence-electron chi connectivity index (χ2n) is 24.8. The Morgan fingerprint density at radius 3 is 0.830 bits per heavy atom. The van der Waals surface area contributed by atoms with Gasteiger partial charge >= 0.3 is 35.8 Å². The Kier molecular flexibility index (Phi) is 37.5. The molecule has 0 radical (unpaired) electrons. The zero-order chi connectivity index (χ0) is 71.4. The lowest BCUT2D eigenvalue weighted by Crippen LogP contribution is -2.47. The third-order valence-corrected chi connectivity index (χ3v) is 16.8. The van der Waals surface area contributed by atoms with Crippen molar-refractivity contribution in [3.63, 3.8) is 0 Å². The maximum Gasteiger partial charge on any atom is 0.352 e. The van der Waals surface area contributed by atoms with Gasteiger partial charge in [-0.05, 0) is 182 Å². The van der Waals surface area contributed by atoms with Crippen molar-refractivity contribution < 1.29 is 76.1 Å². The van der Waals surface area contributed by atoms with E-state index in [1.807, 2.05) is 109 Å². The SMILES string of the molecule is C=CC(=O)OCCCCCCOC(=O)C(OC(=O)c1cc(-c2ccc(OCCCCCC)cc2)ccc1-c1ccc(OCCCCCC)cc1)C(OC(=O)c1cc(-c2ccc(OCCCCCC)cc2)ccc1-c1ccc(OCCCCCC)cc1)C(=O)OCCCCCCOC(=O)C=C. The van der Waals surface area contributed by atoms with E-state index in [4.69, 9.17) is 47.4 Å². The number of esters is 6. The molecule has 0 aromatic heterocycles. The molecule has 0 amide bonds. The molecule has 2 unspecified atom stereocenters. The Morgan fingerprint density at radius 1 is 0.300 bits per heavy atom. The van der Waals surface area contributed by atoms with Gasteiger partial charge in [-0.2, -0.15) is 0 Å². The summed E-state index contributed by atoms with van der Waals surface area (Å²) in [7, 11) is 0. The summed E-state index contributed by atoms with van der Waals surface area (Å²) in [4.78, 5) is 84.8. The normalized spacial score (nSPS) is 11.5. The minimum Gasteiger partial charge on any atom is -0.494 e. The lowest BCUT2D eigenvalue weighted by molar-refractivity contribution is -0.174. The number of carbonyl (C=O) groups is 6. The van der Waals surface area contributed by atoms with E-state index in [1.165, 1.54) is 0 Å². The molecule has 0 fully saturated rings. The molecule has 0 saturated heterocycles. The number of unbranched alkanes of at least 4 members (excludes halogenated alkanes) is 18. The number of rotatable bonds is 51. The van der Waals surface area contributed by atoms with Gasteiger partial charge in [-0.3, -0.25) is 0 Å². The lowest BCUT2D eigenvalue weighted by Gasteiger charge is -2.25. The van der Waals surface area contributed by atoms with Crippen LogP contribution in [-0.2, 0) is 47.6 Å². The van der Waals surface area contributed by atoms with Crippen LogP contribution in [-0.4, -0.2) is 101 Å². The minimum absolute atomic E-state index is 0.0189. The second kappa shape index (κ2) is 47.0. The molecule has 16 nitrogen and oxygen atoms in total. The summed E-state index contributed by atoms with van der Waals surface area (Å²) in [6.45, 7) is 17.7. The Balaban J connectivity index is 1.44. The van der Waals surface area contributed by atoms with Crippen LogP contribution in [0.5, 0.6) is 23.0 Å². The maximum absolute atomic E-state index is 15.6. The topological polar surface area (TPSA) is 195 Å². The van der Waals surface area contributed by atoms with E-state index in [1.54, 1.807) is 24.3 Å². The average Bonchev–Trinajstić information content (AvgIpc) is 0.800. The van der Waals surface area contributed by atoms with Crippen molar-refractivity contribution in [2.24, 2.45) is 0 Å². The number of carbonyl (C=O) groups excluding carboxylic acids is 6. The highest BCUT2D eigenvalue weighted by molar-refractivity contribution is 6.03. The maximum atomic E-state index is 15.6. The van der Waals surface area contributed by atoms with E-state index in [0.717, 1.165) is 126 Å². The molecule has 0 aliphatic rings. The third kappa shape index (κ3) is 28.6. The molecule has 6 aromatic rings. The average molecular weight is 1370 g/mol. The molecule has 0 saturated carbocycles. The smallest absolute Gasteiger partial charge is 0.352 e. The molecule has 0 aliphatic heterocycles. The lowest BCUT2D eigenvalue weighted by atomic mass is 9.94. The predicted molar refractivity (Wildman–Crippen MR) is 393 cm³/mol. The first-order valence-electron chi connectivity index (χ1n) is 36.4. The summed E-state index contributed by atoms with van der Waals surface area (Å²) < 4.78 is 59.3. The first-order chi connectivity index (χ1) is 48.9. The minimum atomic E-state index is -2.23. The molecule has 100 heavy (non-hydrogen) atoms. The van der Waals surface area contributed by atoms with Crippen molar-refractivity contribution in [3.8, 4) is 67.5 Å².